The molecule has 0 unspecified atom stereocenters. The fourth-order valence-electron chi connectivity index (χ4n) is 1.20. The van der Waals surface area contributed by atoms with Gasteiger partial charge in [-0.25, -0.2) is 0 Å². The molecular weight excluding hydrogens is 196 g/mol. The predicted octanol–water partition coefficient (Wildman–Crippen LogP) is 1.58. The van der Waals surface area contributed by atoms with E-state index in [4.69, 9.17) is 9.26 Å². The number of aryl methyl sites for hydroxylation is 1. The second-order valence-corrected chi connectivity index (χ2v) is 2.86. The van der Waals surface area contributed by atoms with Gasteiger partial charge in [0, 0.05) is 0 Å². The lowest BCUT2D eigenvalue weighted by molar-refractivity contribution is -0.120. The Morgan fingerprint density at radius 2 is 2.20 bits per heavy atom. The number of nitrogens with zero attached hydrogens (tertiary/aromatic N) is 2. The highest BCUT2D eigenvalue weighted by atomic mass is 16.5. The first-order valence-electron chi connectivity index (χ1n) is 4.31. The number of rotatable bonds is 3. The van der Waals surface area contributed by atoms with Gasteiger partial charge in [-0.1, -0.05) is 17.3 Å². The first kappa shape index (κ1) is 9.39. The van der Waals surface area contributed by atoms with E-state index in [2.05, 4.69) is 10.1 Å². The highest BCUT2D eigenvalue weighted by Gasteiger charge is 2.11. The fourth-order valence-corrected chi connectivity index (χ4v) is 1.20. The van der Waals surface area contributed by atoms with Gasteiger partial charge in [-0.3, -0.25) is 4.79 Å². The molecule has 0 aliphatic rings. The van der Waals surface area contributed by atoms with Gasteiger partial charge in [0.25, 0.3) is 12.4 Å². The van der Waals surface area contributed by atoms with Gasteiger partial charge in [0.05, 0.1) is 5.56 Å². The first-order valence-corrected chi connectivity index (χ1v) is 4.31. The topological polar surface area (TPSA) is 65.2 Å². The van der Waals surface area contributed by atoms with Crippen LogP contribution in [0.2, 0.25) is 0 Å². The Hall–Kier alpha value is -2.17. The van der Waals surface area contributed by atoms with E-state index in [1.54, 1.807) is 31.2 Å². The predicted molar refractivity (Wildman–Crippen MR) is 51.2 cm³/mol. The van der Waals surface area contributed by atoms with Crippen molar-refractivity contribution in [3.63, 3.8) is 0 Å². The summed E-state index contributed by atoms with van der Waals surface area (Å²) in [6.07, 6.45) is 0. The zero-order chi connectivity index (χ0) is 10.7. The highest BCUT2D eigenvalue weighted by molar-refractivity contribution is 5.65. The molecule has 1 aromatic carbocycles. The van der Waals surface area contributed by atoms with E-state index in [0.29, 0.717) is 29.5 Å². The van der Waals surface area contributed by atoms with Gasteiger partial charge in [0.15, 0.2) is 5.82 Å². The Morgan fingerprint density at radius 3 is 2.87 bits per heavy atom. The van der Waals surface area contributed by atoms with E-state index < -0.39 is 0 Å². The van der Waals surface area contributed by atoms with Gasteiger partial charge < -0.3 is 9.26 Å². The number of benzene rings is 1. The summed E-state index contributed by atoms with van der Waals surface area (Å²) < 4.78 is 9.77. The van der Waals surface area contributed by atoms with Crippen molar-refractivity contribution in [2.24, 2.45) is 0 Å². The van der Waals surface area contributed by atoms with Gasteiger partial charge in [0.2, 0.25) is 0 Å². The second kappa shape index (κ2) is 3.91. The zero-order valence-electron chi connectivity index (χ0n) is 8.01. The lowest BCUT2D eigenvalue weighted by Crippen LogP contribution is -1.91. The minimum absolute atomic E-state index is 0.338. The lowest BCUT2D eigenvalue weighted by Gasteiger charge is -2.01. The number of para-hydroxylation sites is 1. The Labute approximate surface area is 85.7 Å². The molecule has 2 aromatic rings. The van der Waals surface area contributed by atoms with Crippen LogP contribution in [-0.4, -0.2) is 16.6 Å². The quantitative estimate of drug-likeness (QED) is 0.710. The summed E-state index contributed by atoms with van der Waals surface area (Å²) in [6.45, 7) is 2.08. The van der Waals surface area contributed by atoms with E-state index >= 15 is 0 Å². The minimum atomic E-state index is 0.338. The van der Waals surface area contributed by atoms with Gasteiger partial charge in [-0.15, -0.1) is 0 Å². The SMILES string of the molecule is Cc1noc(-c2ccccc2OC=O)n1. The van der Waals surface area contributed by atoms with Crippen LogP contribution < -0.4 is 4.74 Å². The summed E-state index contributed by atoms with van der Waals surface area (Å²) in [5.74, 6) is 1.27. The summed E-state index contributed by atoms with van der Waals surface area (Å²) in [6, 6.07) is 6.95. The van der Waals surface area contributed by atoms with E-state index in [1.807, 2.05) is 0 Å². The van der Waals surface area contributed by atoms with Crippen molar-refractivity contribution in [1.29, 1.82) is 0 Å². The molecule has 0 amide bonds. The summed E-state index contributed by atoms with van der Waals surface area (Å²) in [5.41, 5.74) is 0.602. The Kier molecular flexibility index (Phi) is 2.45. The van der Waals surface area contributed by atoms with Crippen LogP contribution in [0.15, 0.2) is 28.8 Å². The molecule has 0 atom stereocenters. The number of aromatic nitrogens is 2. The number of carbonyl (C=O) groups is 1. The van der Waals surface area contributed by atoms with Crippen LogP contribution in [0, 0.1) is 6.92 Å². The normalized spacial score (nSPS) is 9.93. The molecule has 1 aromatic heterocycles. The molecule has 0 aliphatic heterocycles. The number of hydrogen-bond donors (Lipinski definition) is 0. The van der Waals surface area contributed by atoms with Crippen molar-refractivity contribution >= 4 is 6.47 Å². The molecule has 0 saturated heterocycles. The largest absolute Gasteiger partial charge is 0.428 e. The lowest BCUT2D eigenvalue weighted by atomic mass is 10.2. The molecule has 0 radical (unpaired) electrons. The molecule has 5 heteroatoms. The van der Waals surface area contributed by atoms with Crippen LogP contribution in [0.3, 0.4) is 0 Å². The van der Waals surface area contributed by atoms with E-state index in [1.165, 1.54) is 0 Å². The summed E-state index contributed by atoms with van der Waals surface area (Å²) in [4.78, 5) is 14.3. The average molecular weight is 204 g/mol. The molecule has 0 aliphatic carbocycles. The van der Waals surface area contributed by atoms with Gasteiger partial charge in [0.1, 0.15) is 5.75 Å². The third-order valence-electron chi connectivity index (χ3n) is 1.82. The summed E-state index contributed by atoms with van der Waals surface area (Å²) in [5, 5.41) is 3.66. The third-order valence-corrected chi connectivity index (χ3v) is 1.82. The average Bonchev–Trinajstić information content (AvgIpc) is 2.66. The maximum absolute atomic E-state index is 10.3. The monoisotopic (exact) mass is 204 g/mol. The van der Waals surface area contributed by atoms with Gasteiger partial charge in [-0.05, 0) is 19.1 Å². The summed E-state index contributed by atoms with van der Waals surface area (Å²) in [7, 11) is 0. The van der Waals surface area contributed by atoms with Crippen molar-refractivity contribution in [3.8, 4) is 17.2 Å². The molecule has 0 N–H and O–H groups in total. The molecule has 1 heterocycles. The zero-order valence-corrected chi connectivity index (χ0v) is 8.01. The van der Waals surface area contributed by atoms with E-state index in [9.17, 15) is 4.79 Å². The maximum atomic E-state index is 10.3. The van der Waals surface area contributed by atoms with E-state index in [0.717, 1.165) is 0 Å². The van der Waals surface area contributed by atoms with Crippen molar-refractivity contribution in [2.75, 3.05) is 0 Å². The van der Waals surface area contributed by atoms with E-state index in [-0.39, 0.29) is 0 Å². The van der Waals surface area contributed by atoms with Crippen molar-refractivity contribution in [1.82, 2.24) is 10.1 Å². The number of hydrogen-bond acceptors (Lipinski definition) is 5. The van der Waals surface area contributed by atoms with Crippen molar-refractivity contribution in [3.05, 3.63) is 30.1 Å². The fraction of sp³-hybridized carbons (Fsp3) is 0.100. The molecular formula is C10H8N2O3. The molecule has 0 bridgehead atoms. The smallest absolute Gasteiger partial charge is 0.298 e. The maximum Gasteiger partial charge on any atom is 0.298 e. The van der Waals surface area contributed by atoms with Gasteiger partial charge >= 0.3 is 0 Å². The van der Waals surface area contributed by atoms with Crippen LogP contribution in [0.1, 0.15) is 5.82 Å². The molecule has 5 nitrogen and oxygen atoms in total. The molecule has 15 heavy (non-hydrogen) atoms. The molecule has 0 spiro atoms. The number of carbonyl (C=O) groups excluding carboxylic acids is 1. The third kappa shape index (κ3) is 1.85. The Bertz CT molecular complexity index is 479. The van der Waals surface area contributed by atoms with Crippen LogP contribution in [0.25, 0.3) is 11.5 Å². The highest BCUT2D eigenvalue weighted by Crippen LogP contribution is 2.27. The summed E-state index contributed by atoms with van der Waals surface area (Å²) >= 11 is 0. The molecule has 0 saturated carbocycles. The van der Waals surface area contributed by atoms with Gasteiger partial charge in [-0.2, -0.15) is 4.98 Å². The van der Waals surface area contributed by atoms with Crippen LogP contribution in [0.5, 0.6) is 5.75 Å². The standard InChI is InChI=1S/C10H8N2O3/c1-7-11-10(15-12-7)8-4-2-3-5-9(8)14-6-13/h2-6H,1H3. The Balaban J connectivity index is 2.47. The van der Waals surface area contributed by atoms with Crippen molar-refractivity contribution in [2.45, 2.75) is 6.92 Å². The molecule has 0 fully saturated rings. The second-order valence-electron chi connectivity index (χ2n) is 2.86. The van der Waals surface area contributed by atoms with Crippen LogP contribution >= 0.6 is 0 Å². The molecule has 76 valence electrons. The molecule has 2 rings (SSSR count). The van der Waals surface area contributed by atoms with Crippen LogP contribution in [0.4, 0.5) is 0 Å². The Morgan fingerprint density at radius 1 is 1.40 bits per heavy atom. The first-order chi connectivity index (χ1) is 7.31. The minimum Gasteiger partial charge on any atom is -0.428 e. The van der Waals surface area contributed by atoms with Crippen molar-refractivity contribution < 1.29 is 14.1 Å². The number of ether oxygens (including phenoxy) is 1. The van der Waals surface area contributed by atoms with Crippen LogP contribution in [-0.2, 0) is 4.79 Å².